The Bertz CT molecular complexity index is 1690. The zero-order valence-electron chi connectivity index (χ0n) is 21.2. The summed E-state index contributed by atoms with van der Waals surface area (Å²) in [6.07, 6.45) is 1.26. The molecule has 0 aliphatic heterocycles. The van der Waals surface area contributed by atoms with Crippen molar-refractivity contribution in [2.75, 3.05) is 36.6 Å². The molecule has 204 valence electrons. The number of fused-ring (bicyclic) bond motifs is 1. The summed E-state index contributed by atoms with van der Waals surface area (Å²) in [4.78, 5) is 15.3. The van der Waals surface area contributed by atoms with Gasteiger partial charge in [-0.1, -0.05) is 24.3 Å². The number of aromatic nitrogens is 1. The molecule has 0 unspecified atom stereocenters. The molecule has 0 spiro atoms. The van der Waals surface area contributed by atoms with Crippen molar-refractivity contribution in [2.24, 2.45) is 0 Å². The van der Waals surface area contributed by atoms with E-state index in [-0.39, 0.29) is 27.8 Å². The lowest BCUT2D eigenvalue weighted by molar-refractivity contribution is -0.128. The maximum atomic E-state index is 13.6. The standard InChI is InChI=1S/C26H25N3O8S2/c1-28(38(31,32)21-12-8-19(35-2)9-13-21)25-16-27-26(24-7-5-4-6-23(24)25)29(17-37-18-30)39(33,34)22-14-10-20(36-3)11-15-22/h4-16,18H,17H2,1-3H3. The summed E-state index contributed by atoms with van der Waals surface area (Å²) in [5, 5.41) is 0.724. The number of carbonyl (C=O) groups excluding carboxylic acids is 1. The maximum Gasteiger partial charge on any atom is 0.294 e. The first-order chi connectivity index (χ1) is 18.6. The zero-order valence-corrected chi connectivity index (χ0v) is 22.8. The minimum Gasteiger partial charge on any atom is -0.497 e. The van der Waals surface area contributed by atoms with E-state index in [1.165, 1.54) is 76.0 Å². The first-order valence-corrected chi connectivity index (χ1v) is 14.3. The van der Waals surface area contributed by atoms with E-state index in [0.717, 1.165) is 8.61 Å². The number of methoxy groups -OCH3 is 2. The Labute approximate surface area is 226 Å². The van der Waals surface area contributed by atoms with E-state index in [0.29, 0.717) is 22.3 Å². The summed E-state index contributed by atoms with van der Waals surface area (Å²) in [5.41, 5.74) is 0.211. The molecule has 1 aromatic heterocycles. The normalized spacial score (nSPS) is 11.6. The van der Waals surface area contributed by atoms with Crippen LogP contribution in [-0.2, 0) is 29.6 Å². The molecule has 3 aromatic carbocycles. The molecule has 0 saturated carbocycles. The molecule has 0 amide bonds. The Balaban J connectivity index is 1.84. The Kier molecular flexibility index (Phi) is 7.93. The van der Waals surface area contributed by atoms with Crippen molar-refractivity contribution in [2.45, 2.75) is 9.79 Å². The Morgan fingerprint density at radius 3 is 1.79 bits per heavy atom. The minimum absolute atomic E-state index is 0.0297. The molecule has 4 rings (SSSR count). The Morgan fingerprint density at radius 2 is 1.28 bits per heavy atom. The molecule has 0 radical (unpaired) electrons. The van der Waals surface area contributed by atoms with Crippen LogP contribution in [0.2, 0.25) is 0 Å². The number of anilines is 2. The Hall–Kier alpha value is -4.36. The quantitative estimate of drug-likeness (QED) is 0.196. The van der Waals surface area contributed by atoms with Gasteiger partial charge >= 0.3 is 0 Å². The average Bonchev–Trinajstić information content (AvgIpc) is 2.96. The van der Waals surface area contributed by atoms with E-state index in [1.54, 1.807) is 24.3 Å². The molecule has 11 nitrogen and oxygen atoms in total. The van der Waals surface area contributed by atoms with Gasteiger partial charge in [-0.15, -0.1) is 0 Å². The largest absolute Gasteiger partial charge is 0.497 e. The van der Waals surface area contributed by atoms with Gasteiger partial charge < -0.3 is 14.2 Å². The summed E-state index contributed by atoms with van der Waals surface area (Å²) >= 11 is 0. The molecular formula is C26H25N3O8S2. The van der Waals surface area contributed by atoms with Gasteiger partial charge in [-0.3, -0.25) is 9.10 Å². The predicted octanol–water partition coefficient (Wildman–Crippen LogP) is 3.40. The third-order valence-electron chi connectivity index (χ3n) is 5.95. The third kappa shape index (κ3) is 5.31. The van der Waals surface area contributed by atoms with Crippen LogP contribution in [0.15, 0.2) is 88.8 Å². The SMILES string of the molecule is COc1ccc(S(=O)(=O)N(C)c2cnc(N(COC=O)S(=O)(=O)c3ccc(OC)cc3)c3ccccc23)cc1. The maximum absolute atomic E-state index is 13.6. The van der Waals surface area contributed by atoms with E-state index in [9.17, 15) is 21.6 Å². The highest BCUT2D eigenvalue weighted by Gasteiger charge is 2.30. The number of hydrogen-bond donors (Lipinski definition) is 0. The van der Waals surface area contributed by atoms with E-state index < -0.39 is 26.8 Å². The van der Waals surface area contributed by atoms with Crippen molar-refractivity contribution in [3.8, 4) is 11.5 Å². The molecule has 0 bridgehead atoms. The summed E-state index contributed by atoms with van der Waals surface area (Å²) in [6, 6.07) is 18.2. The molecule has 13 heteroatoms. The third-order valence-corrected chi connectivity index (χ3v) is 9.47. The molecule has 39 heavy (non-hydrogen) atoms. The molecule has 0 atom stereocenters. The van der Waals surface area contributed by atoms with Gasteiger partial charge in [0, 0.05) is 17.8 Å². The molecule has 0 fully saturated rings. The number of rotatable bonds is 11. The van der Waals surface area contributed by atoms with Crippen molar-refractivity contribution in [3.63, 3.8) is 0 Å². The number of carbonyl (C=O) groups is 1. The fourth-order valence-corrected chi connectivity index (χ4v) is 6.37. The molecule has 0 aliphatic rings. The van der Waals surface area contributed by atoms with Crippen molar-refractivity contribution < 1.29 is 35.8 Å². The summed E-state index contributed by atoms with van der Waals surface area (Å²) < 4.78 is 71.1. The first-order valence-electron chi connectivity index (χ1n) is 11.4. The van der Waals surface area contributed by atoms with Gasteiger partial charge in [0.15, 0.2) is 12.5 Å². The molecule has 0 aliphatic carbocycles. The van der Waals surface area contributed by atoms with Gasteiger partial charge in [0.05, 0.1) is 35.9 Å². The van der Waals surface area contributed by atoms with Crippen LogP contribution in [0, 0.1) is 0 Å². The van der Waals surface area contributed by atoms with Crippen LogP contribution in [0.5, 0.6) is 11.5 Å². The second-order valence-electron chi connectivity index (χ2n) is 8.08. The second kappa shape index (κ2) is 11.2. The van der Waals surface area contributed by atoms with Crippen LogP contribution < -0.4 is 18.1 Å². The number of hydrogen-bond acceptors (Lipinski definition) is 9. The van der Waals surface area contributed by atoms with Crippen LogP contribution in [0.4, 0.5) is 11.5 Å². The number of pyridine rings is 1. The molecule has 0 N–H and O–H groups in total. The molecule has 1 heterocycles. The van der Waals surface area contributed by atoms with Crippen LogP contribution in [-0.4, -0.2) is 56.3 Å². The highest BCUT2D eigenvalue weighted by atomic mass is 32.2. The highest BCUT2D eigenvalue weighted by molar-refractivity contribution is 7.93. The fourth-order valence-electron chi connectivity index (χ4n) is 3.87. The predicted molar refractivity (Wildman–Crippen MR) is 145 cm³/mol. The number of benzene rings is 3. The number of sulfonamides is 2. The lowest BCUT2D eigenvalue weighted by atomic mass is 10.1. The zero-order chi connectivity index (χ0) is 28.2. The van der Waals surface area contributed by atoms with Gasteiger partial charge in [0.25, 0.3) is 26.5 Å². The monoisotopic (exact) mass is 571 g/mol. The van der Waals surface area contributed by atoms with Crippen LogP contribution in [0.1, 0.15) is 0 Å². The van der Waals surface area contributed by atoms with Crippen molar-refractivity contribution in [1.29, 1.82) is 0 Å². The van der Waals surface area contributed by atoms with Crippen molar-refractivity contribution in [3.05, 3.63) is 79.0 Å². The van der Waals surface area contributed by atoms with Gasteiger partial charge in [-0.2, -0.15) is 0 Å². The van der Waals surface area contributed by atoms with E-state index in [4.69, 9.17) is 14.2 Å². The van der Waals surface area contributed by atoms with Gasteiger partial charge in [0.2, 0.25) is 0 Å². The first kappa shape index (κ1) is 27.7. The van der Waals surface area contributed by atoms with Crippen molar-refractivity contribution in [1.82, 2.24) is 4.98 Å². The van der Waals surface area contributed by atoms with Crippen LogP contribution >= 0.6 is 0 Å². The average molecular weight is 572 g/mol. The fraction of sp³-hybridized carbons (Fsp3) is 0.154. The molecule has 4 aromatic rings. The van der Waals surface area contributed by atoms with Crippen LogP contribution in [0.3, 0.4) is 0 Å². The van der Waals surface area contributed by atoms with E-state index in [2.05, 4.69) is 4.98 Å². The highest BCUT2D eigenvalue weighted by Crippen LogP contribution is 2.36. The molecular weight excluding hydrogens is 546 g/mol. The van der Waals surface area contributed by atoms with Gasteiger partial charge in [-0.25, -0.2) is 26.1 Å². The topological polar surface area (TPSA) is 132 Å². The molecule has 0 saturated heterocycles. The number of ether oxygens (including phenoxy) is 3. The Morgan fingerprint density at radius 1 is 0.769 bits per heavy atom. The van der Waals surface area contributed by atoms with Crippen molar-refractivity contribution >= 4 is 48.8 Å². The lowest BCUT2D eigenvalue weighted by Crippen LogP contribution is -2.34. The van der Waals surface area contributed by atoms with E-state index >= 15 is 0 Å². The summed E-state index contributed by atoms with van der Waals surface area (Å²) in [5.74, 6) is 0.907. The summed E-state index contributed by atoms with van der Waals surface area (Å²) in [7, 11) is -3.96. The van der Waals surface area contributed by atoms with Gasteiger partial charge in [-0.05, 0) is 48.5 Å². The number of nitrogens with zero attached hydrogens (tertiary/aromatic N) is 3. The lowest BCUT2D eigenvalue weighted by Gasteiger charge is -2.26. The minimum atomic E-state index is -4.27. The summed E-state index contributed by atoms with van der Waals surface area (Å²) in [6.45, 7) is -0.531. The smallest absolute Gasteiger partial charge is 0.294 e. The van der Waals surface area contributed by atoms with E-state index in [1.807, 2.05) is 0 Å². The van der Waals surface area contributed by atoms with Crippen LogP contribution in [0.25, 0.3) is 10.8 Å². The second-order valence-corrected chi connectivity index (χ2v) is 11.9. The van der Waals surface area contributed by atoms with Gasteiger partial charge in [0.1, 0.15) is 11.5 Å².